The summed E-state index contributed by atoms with van der Waals surface area (Å²) >= 11 is 0. The zero-order valence-corrected chi connectivity index (χ0v) is 16.1. The summed E-state index contributed by atoms with van der Waals surface area (Å²) in [5.41, 5.74) is 0.948. The van der Waals surface area contributed by atoms with Gasteiger partial charge < -0.3 is 9.64 Å². The van der Waals surface area contributed by atoms with Gasteiger partial charge >= 0.3 is 5.97 Å². The summed E-state index contributed by atoms with van der Waals surface area (Å²) in [7, 11) is 0. The maximum absolute atomic E-state index is 12.8. The van der Waals surface area contributed by atoms with Crippen LogP contribution in [0.15, 0.2) is 54.6 Å². The predicted octanol–water partition coefficient (Wildman–Crippen LogP) is 3.87. The number of benzene rings is 2. The maximum atomic E-state index is 12.8. The summed E-state index contributed by atoms with van der Waals surface area (Å²) in [4.78, 5) is 39.7. The van der Waals surface area contributed by atoms with Crippen LogP contribution in [0.4, 0.5) is 0 Å². The van der Waals surface area contributed by atoms with Gasteiger partial charge in [-0.2, -0.15) is 0 Å². The number of piperidine rings is 1. The number of hydrogen-bond donors (Lipinski definition) is 0. The maximum Gasteiger partial charge on any atom is 0.339 e. The summed E-state index contributed by atoms with van der Waals surface area (Å²) in [6.07, 6.45) is 3.99. The molecule has 1 atom stereocenters. The molecule has 1 aliphatic heterocycles. The van der Waals surface area contributed by atoms with E-state index < -0.39 is 5.97 Å². The molecule has 1 aliphatic rings. The molecule has 1 heterocycles. The van der Waals surface area contributed by atoms with Gasteiger partial charge in [0.05, 0.1) is 5.56 Å². The highest BCUT2D eigenvalue weighted by atomic mass is 16.5. The van der Waals surface area contributed by atoms with Gasteiger partial charge in [0.15, 0.2) is 12.4 Å². The van der Waals surface area contributed by atoms with Gasteiger partial charge in [0.25, 0.3) is 5.91 Å². The Labute approximate surface area is 165 Å². The Bertz CT molecular complexity index is 847. The number of amides is 1. The van der Waals surface area contributed by atoms with Gasteiger partial charge in [-0.25, -0.2) is 4.79 Å². The van der Waals surface area contributed by atoms with Gasteiger partial charge in [-0.05, 0) is 31.7 Å². The number of hydrogen-bond acceptors (Lipinski definition) is 4. The molecule has 5 heteroatoms. The largest absolute Gasteiger partial charge is 0.452 e. The number of ether oxygens (including phenoxy) is 1. The molecule has 0 saturated carbocycles. The Morgan fingerprint density at radius 3 is 2.36 bits per heavy atom. The molecule has 3 rings (SSSR count). The van der Waals surface area contributed by atoms with Gasteiger partial charge in [0, 0.05) is 23.7 Å². The summed E-state index contributed by atoms with van der Waals surface area (Å²) in [5.74, 6) is -1.08. The monoisotopic (exact) mass is 379 g/mol. The van der Waals surface area contributed by atoms with E-state index in [1.54, 1.807) is 48.5 Å². The number of likely N-dealkylation sites (tertiary alicyclic amines) is 1. The summed E-state index contributed by atoms with van der Waals surface area (Å²) in [6.45, 7) is 2.47. The zero-order valence-electron chi connectivity index (χ0n) is 16.1. The molecule has 1 amide bonds. The zero-order chi connectivity index (χ0) is 19.9. The Hall–Kier alpha value is -2.95. The van der Waals surface area contributed by atoms with Crippen molar-refractivity contribution in [2.75, 3.05) is 13.2 Å². The fraction of sp³-hybridized carbons (Fsp3) is 0.348. The first-order valence-corrected chi connectivity index (χ1v) is 9.77. The standard InChI is InChI=1S/C23H25NO4/c1-2-18-12-8-9-15-24(18)21(25)16-28-23(27)20-14-7-6-13-19(20)22(26)17-10-4-3-5-11-17/h3-7,10-11,13-14,18H,2,8-9,12,15-16H2,1H3/t18-/m0/s1. The Morgan fingerprint density at radius 1 is 0.964 bits per heavy atom. The van der Waals surface area contributed by atoms with Crippen LogP contribution in [0.25, 0.3) is 0 Å². The summed E-state index contributed by atoms with van der Waals surface area (Å²) in [5, 5.41) is 0. The molecule has 1 saturated heterocycles. The van der Waals surface area contributed by atoms with E-state index in [0.717, 1.165) is 25.7 Å². The summed E-state index contributed by atoms with van der Waals surface area (Å²) in [6, 6.07) is 15.5. The normalized spacial score (nSPS) is 16.5. The Morgan fingerprint density at radius 2 is 1.64 bits per heavy atom. The number of carbonyl (C=O) groups is 3. The minimum atomic E-state index is -0.654. The molecule has 146 valence electrons. The third-order valence-electron chi connectivity index (χ3n) is 5.17. The van der Waals surface area contributed by atoms with Crippen LogP contribution in [0.1, 0.15) is 58.9 Å². The van der Waals surface area contributed by atoms with E-state index in [2.05, 4.69) is 6.92 Å². The molecule has 0 unspecified atom stereocenters. The third-order valence-corrected chi connectivity index (χ3v) is 5.17. The topological polar surface area (TPSA) is 63.7 Å². The van der Waals surface area contributed by atoms with Crippen molar-refractivity contribution in [3.8, 4) is 0 Å². The first-order valence-electron chi connectivity index (χ1n) is 9.77. The molecular formula is C23H25NO4. The number of nitrogens with zero attached hydrogens (tertiary/aromatic N) is 1. The Kier molecular flexibility index (Phi) is 6.58. The smallest absolute Gasteiger partial charge is 0.339 e. The van der Waals surface area contributed by atoms with Crippen LogP contribution >= 0.6 is 0 Å². The number of esters is 1. The molecule has 1 fully saturated rings. The van der Waals surface area contributed by atoms with Crippen LogP contribution in [-0.4, -0.2) is 41.8 Å². The second-order valence-corrected chi connectivity index (χ2v) is 6.96. The van der Waals surface area contributed by atoms with Crippen molar-refractivity contribution >= 4 is 17.7 Å². The third kappa shape index (κ3) is 4.47. The van der Waals surface area contributed by atoms with E-state index in [9.17, 15) is 14.4 Å². The lowest BCUT2D eigenvalue weighted by Crippen LogP contribution is -2.45. The van der Waals surface area contributed by atoms with Crippen molar-refractivity contribution in [2.45, 2.75) is 38.6 Å². The van der Waals surface area contributed by atoms with E-state index in [1.807, 2.05) is 11.0 Å². The molecule has 2 aromatic carbocycles. The Balaban J connectivity index is 1.70. The molecule has 0 radical (unpaired) electrons. The first-order chi connectivity index (χ1) is 13.6. The number of rotatable bonds is 6. The van der Waals surface area contributed by atoms with Gasteiger partial charge in [0.1, 0.15) is 0 Å². The van der Waals surface area contributed by atoms with E-state index in [1.165, 1.54) is 0 Å². The van der Waals surface area contributed by atoms with Crippen LogP contribution in [0.5, 0.6) is 0 Å². The van der Waals surface area contributed by atoms with Crippen molar-refractivity contribution in [2.24, 2.45) is 0 Å². The molecule has 2 aromatic rings. The van der Waals surface area contributed by atoms with Gasteiger partial charge in [-0.15, -0.1) is 0 Å². The second kappa shape index (κ2) is 9.31. The average Bonchev–Trinajstić information content (AvgIpc) is 2.77. The quantitative estimate of drug-likeness (QED) is 0.565. The van der Waals surface area contributed by atoms with Crippen LogP contribution < -0.4 is 0 Å². The highest BCUT2D eigenvalue weighted by Crippen LogP contribution is 2.20. The van der Waals surface area contributed by atoms with Crippen LogP contribution in [0.3, 0.4) is 0 Å². The van der Waals surface area contributed by atoms with Crippen molar-refractivity contribution in [3.63, 3.8) is 0 Å². The predicted molar refractivity (Wildman–Crippen MR) is 106 cm³/mol. The minimum absolute atomic E-state index is 0.174. The number of carbonyl (C=O) groups excluding carboxylic acids is 3. The molecular weight excluding hydrogens is 354 g/mol. The minimum Gasteiger partial charge on any atom is -0.452 e. The van der Waals surface area contributed by atoms with Crippen LogP contribution in [0.2, 0.25) is 0 Å². The van der Waals surface area contributed by atoms with E-state index in [0.29, 0.717) is 12.1 Å². The first kappa shape index (κ1) is 19.8. The van der Waals surface area contributed by atoms with Crippen LogP contribution in [0, 0.1) is 0 Å². The van der Waals surface area contributed by atoms with Crippen molar-refractivity contribution in [3.05, 3.63) is 71.3 Å². The number of ketones is 1. The van der Waals surface area contributed by atoms with Crippen LogP contribution in [-0.2, 0) is 9.53 Å². The van der Waals surface area contributed by atoms with Crippen molar-refractivity contribution < 1.29 is 19.1 Å². The van der Waals surface area contributed by atoms with Gasteiger partial charge in [0.2, 0.25) is 0 Å². The molecule has 0 aliphatic carbocycles. The second-order valence-electron chi connectivity index (χ2n) is 6.96. The van der Waals surface area contributed by atoms with E-state index in [-0.39, 0.29) is 35.5 Å². The van der Waals surface area contributed by atoms with Gasteiger partial charge in [-0.3, -0.25) is 9.59 Å². The summed E-state index contributed by atoms with van der Waals surface area (Å²) < 4.78 is 5.28. The molecule has 0 N–H and O–H groups in total. The molecule has 0 aromatic heterocycles. The fourth-order valence-corrected chi connectivity index (χ4v) is 3.65. The lowest BCUT2D eigenvalue weighted by Gasteiger charge is -2.35. The van der Waals surface area contributed by atoms with Crippen molar-refractivity contribution in [1.29, 1.82) is 0 Å². The average molecular weight is 379 g/mol. The van der Waals surface area contributed by atoms with E-state index in [4.69, 9.17) is 4.74 Å². The molecule has 28 heavy (non-hydrogen) atoms. The molecule has 0 spiro atoms. The lowest BCUT2D eigenvalue weighted by atomic mass is 9.98. The highest BCUT2D eigenvalue weighted by Gasteiger charge is 2.26. The fourth-order valence-electron chi connectivity index (χ4n) is 3.65. The lowest BCUT2D eigenvalue weighted by molar-refractivity contribution is -0.138. The highest BCUT2D eigenvalue weighted by molar-refractivity contribution is 6.14. The van der Waals surface area contributed by atoms with Crippen molar-refractivity contribution in [1.82, 2.24) is 4.90 Å². The molecule has 5 nitrogen and oxygen atoms in total. The SMILES string of the molecule is CC[C@H]1CCCCN1C(=O)COC(=O)c1ccccc1C(=O)c1ccccc1. The molecule has 0 bridgehead atoms. The van der Waals surface area contributed by atoms with Gasteiger partial charge in [-0.1, -0.05) is 55.5 Å². The van der Waals surface area contributed by atoms with E-state index >= 15 is 0 Å².